The Hall–Kier alpha value is -0.240. The molecule has 0 amide bonds. The van der Waals surface area contributed by atoms with Gasteiger partial charge in [0.25, 0.3) is 0 Å². The van der Waals surface area contributed by atoms with Crippen molar-refractivity contribution in [2.75, 3.05) is 65.4 Å². The summed E-state index contributed by atoms with van der Waals surface area (Å²) >= 11 is 0. The normalized spacial score (nSPS) is 30.1. The molecular formula is C40H86N6. The summed E-state index contributed by atoms with van der Waals surface area (Å²) in [7, 11) is 0. The Balaban J connectivity index is 0.000000336. The van der Waals surface area contributed by atoms with Crippen LogP contribution in [0.5, 0.6) is 0 Å². The van der Waals surface area contributed by atoms with Crippen molar-refractivity contribution in [2.24, 2.45) is 17.3 Å². The minimum absolute atomic E-state index is 0. The lowest BCUT2D eigenvalue weighted by Gasteiger charge is -2.41. The van der Waals surface area contributed by atoms with Crippen LogP contribution in [0, 0.1) is 17.3 Å². The lowest BCUT2D eigenvalue weighted by atomic mass is 9.77. The summed E-state index contributed by atoms with van der Waals surface area (Å²) in [5, 5.41) is 0. The maximum atomic E-state index is 2.67. The van der Waals surface area contributed by atoms with Gasteiger partial charge in [-0.1, -0.05) is 22.3 Å². The van der Waals surface area contributed by atoms with Gasteiger partial charge in [-0.2, -0.15) is 0 Å². The van der Waals surface area contributed by atoms with Crippen molar-refractivity contribution in [3.8, 4) is 0 Å². The maximum Gasteiger partial charge on any atom is 0.0242 e. The predicted molar refractivity (Wildman–Crippen MR) is 206 cm³/mol. The van der Waals surface area contributed by atoms with E-state index < -0.39 is 0 Å². The van der Waals surface area contributed by atoms with Gasteiger partial charge in [-0.3, -0.25) is 9.80 Å². The molecular weight excluding hydrogens is 564 g/mol. The van der Waals surface area contributed by atoms with Crippen LogP contribution in [0.15, 0.2) is 0 Å². The van der Waals surface area contributed by atoms with E-state index in [0.29, 0.717) is 5.41 Å². The molecule has 0 aromatic heterocycles. The summed E-state index contributed by atoms with van der Waals surface area (Å²) in [6.07, 6.45) is 5.70. The molecule has 6 nitrogen and oxygen atoms in total. The van der Waals surface area contributed by atoms with E-state index in [4.69, 9.17) is 0 Å². The van der Waals surface area contributed by atoms with Gasteiger partial charge in [-0.05, 0) is 146 Å². The largest absolute Gasteiger partial charge is 0.301 e. The van der Waals surface area contributed by atoms with Crippen LogP contribution in [0.1, 0.15) is 131 Å². The number of piperazine rings is 1. The molecule has 0 N–H and O–H groups in total. The summed E-state index contributed by atoms with van der Waals surface area (Å²) in [6, 6.07) is 6.15. The molecule has 1 spiro atoms. The van der Waals surface area contributed by atoms with Crippen LogP contribution in [0.4, 0.5) is 0 Å². The van der Waals surface area contributed by atoms with E-state index in [1.807, 2.05) is 0 Å². The number of likely N-dealkylation sites (tertiary alicyclic amines) is 6. The van der Waals surface area contributed by atoms with Gasteiger partial charge in [0.15, 0.2) is 0 Å². The topological polar surface area (TPSA) is 19.4 Å². The molecule has 276 valence electrons. The molecule has 6 saturated heterocycles. The quantitative estimate of drug-likeness (QED) is 0.291. The van der Waals surface area contributed by atoms with Crippen molar-refractivity contribution in [2.45, 2.75) is 179 Å². The molecule has 0 aliphatic carbocycles. The summed E-state index contributed by atoms with van der Waals surface area (Å²) in [6.45, 7) is 41.2. The van der Waals surface area contributed by atoms with Gasteiger partial charge in [-0.25, -0.2) is 0 Å². The molecule has 6 rings (SSSR count). The van der Waals surface area contributed by atoms with Gasteiger partial charge >= 0.3 is 0 Å². The molecule has 6 heterocycles. The first kappa shape index (κ1) is 43.8. The minimum Gasteiger partial charge on any atom is -0.301 e. The third-order valence-corrected chi connectivity index (χ3v) is 12.4. The number of piperidine rings is 1. The van der Waals surface area contributed by atoms with Crippen LogP contribution in [0.2, 0.25) is 0 Å². The number of hydrogen-bond donors (Lipinski definition) is 0. The molecule has 2 bridgehead atoms. The predicted octanol–water partition coefficient (Wildman–Crippen LogP) is 7.73. The first-order chi connectivity index (χ1) is 20.2. The minimum atomic E-state index is 0. The number of nitrogens with zero attached hydrogens (tertiary/aromatic N) is 6. The van der Waals surface area contributed by atoms with E-state index >= 15 is 0 Å². The lowest BCUT2D eigenvalue weighted by Crippen LogP contribution is -2.50. The van der Waals surface area contributed by atoms with E-state index in [9.17, 15) is 0 Å². The summed E-state index contributed by atoms with van der Waals surface area (Å²) in [5.74, 6) is 1.92. The van der Waals surface area contributed by atoms with Crippen molar-refractivity contribution < 1.29 is 0 Å². The molecule has 6 heteroatoms. The Morgan fingerprint density at radius 3 is 1.00 bits per heavy atom. The third kappa shape index (κ3) is 10.6. The van der Waals surface area contributed by atoms with Crippen molar-refractivity contribution in [1.29, 1.82) is 0 Å². The Bertz CT molecular complexity index is 778. The Morgan fingerprint density at radius 1 is 0.413 bits per heavy atom. The van der Waals surface area contributed by atoms with E-state index in [1.165, 1.54) is 91.1 Å². The molecule has 2 unspecified atom stereocenters. The van der Waals surface area contributed by atoms with E-state index in [0.717, 1.165) is 60.2 Å². The van der Waals surface area contributed by atoms with Crippen LogP contribution < -0.4 is 0 Å². The molecule has 0 radical (unpaired) electrons. The highest BCUT2D eigenvalue weighted by Gasteiger charge is 2.45. The standard InChI is InChI=1S/C14H28N2.C12H24N2.C11H22N2.3CH4/c1-12(2)15-8-5-14(6-9-15)7-10-16(11-14)13(3)4;1-9(2)13-5-11-7-14(10(3)4)8-12(11)6-13;1-8(2)12-6-11-5-10(12)7-13(11)9(3)4;;;/h12-13H,5-11H2,1-4H3;9-12H,5-8H2,1-4H3;8-11H,5-7H2,1-4H3;3*1H4. The fourth-order valence-electron chi connectivity index (χ4n) is 9.24. The molecule has 46 heavy (non-hydrogen) atoms. The molecule has 0 aromatic rings. The molecule has 6 aliphatic heterocycles. The molecule has 0 saturated carbocycles. The van der Waals surface area contributed by atoms with Gasteiger partial charge < -0.3 is 19.6 Å². The Kier molecular flexibility index (Phi) is 17.8. The highest BCUT2D eigenvalue weighted by molar-refractivity contribution is 5.01. The van der Waals surface area contributed by atoms with Crippen molar-refractivity contribution in [3.05, 3.63) is 0 Å². The molecule has 6 fully saturated rings. The van der Waals surface area contributed by atoms with Gasteiger partial charge in [0, 0.05) is 94.1 Å². The zero-order valence-electron chi connectivity index (χ0n) is 30.9. The van der Waals surface area contributed by atoms with Crippen molar-refractivity contribution in [1.82, 2.24) is 29.4 Å². The van der Waals surface area contributed by atoms with Gasteiger partial charge in [0.2, 0.25) is 0 Å². The summed E-state index contributed by atoms with van der Waals surface area (Å²) in [4.78, 5) is 15.9. The lowest BCUT2D eigenvalue weighted by molar-refractivity contribution is 0.0838. The van der Waals surface area contributed by atoms with Crippen LogP contribution in [-0.2, 0) is 0 Å². The van der Waals surface area contributed by atoms with Crippen molar-refractivity contribution in [3.63, 3.8) is 0 Å². The van der Waals surface area contributed by atoms with E-state index in [1.54, 1.807) is 0 Å². The Labute approximate surface area is 291 Å². The Morgan fingerprint density at radius 2 is 0.739 bits per heavy atom. The molecule has 6 aliphatic rings. The SMILES string of the molecule is C.C.C.CC(C)N1CC2CC1CN2C(C)C.CC(C)N1CC2CN(C(C)C)CC2C1.CC(C)N1CCC2(CC1)CCN(C(C)C)C2. The summed E-state index contributed by atoms with van der Waals surface area (Å²) in [5.41, 5.74) is 0.676. The van der Waals surface area contributed by atoms with Gasteiger partial charge in [0.1, 0.15) is 0 Å². The van der Waals surface area contributed by atoms with E-state index in [2.05, 4.69) is 112 Å². The fourth-order valence-corrected chi connectivity index (χ4v) is 9.24. The highest BCUT2D eigenvalue weighted by atomic mass is 15.4. The number of fused-ring (bicyclic) bond motifs is 3. The second-order valence-corrected chi connectivity index (χ2v) is 17.2. The second-order valence-electron chi connectivity index (χ2n) is 17.2. The number of rotatable bonds is 6. The number of hydrogen-bond acceptors (Lipinski definition) is 6. The highest BCUT2D eigenvalue weighted by Crippen LogP contribution is 2.41. The zero-order valence-corrected chi connectivity index (χ0v) is 30.9. The first-order valence-corrected chi connectivity index (χ1v) is 18.7. The smallest absolute Gasteiger partial charge is 0.0242 e. The van der Waals surface area contributed by atoms with Crippen LogP contribution in [0.3, 0.4) is 0 Å². The maximum absolute atomic E-state index is 2.67. The third-order valence-electron chi connectivity index (χ3n) is 12.4. The first-order valence-electron chi connectivity index (χ1n) is 18.7. The van der Waals surface area contributed by atoms with Gasteiger partial charge in [-0.15, -0.1) is 0 Å². The van der Waals surface area contributed by atoms with Crippen molar-refractivity contribution >= 4 is 0 Å². The van der Waals surface area contributed by atoms with Crippen LogP contribution >= 0.6 is 0 Å². The monoisotopic (exact) mass is 651 g/mol. The molecule has 2 atom stereocenters. The average Bonchev–Trinajstić information content (AvgIpc) is 3.75. The zero-order chi connectivity index (χ0) is 31.6. The van der Waals surface area contributed by atoms with E-state index in [-0.39, 0.29) is 22.3 Å². The average molecular weight is 651 g/mol. The van der Waals surface area contributed by atoms with Gasteiger partial charge in [0.05, 0.1) is 0 Å². The van der Waals surface area contributed by atoms with Crippen LogP contribution in [0.25, 0.3) is 0 Å². The van der Waals surface area contributed by atoms with Crippen LogP contribution in [-0.4, -0.2) is 143 Å². The summed E-state index contributed by atoms with van der Waals surface area (Å²) < 4.78 is 0. The fraction of sp³-hybridized carbons (Fsp3) is 1.00. The second kappa shape index (κ2) is 18.7. The molecule has 0 aromatic carbocycles.